The molecule has 1 aromatic carbocycles. The minimum absolute atomic E-state index is 0.119. The maximum Gasteiger partial charge on any atom is 0.225 e. The normalized spacial score (nSPS) is 18.1. The third-order valence-corrected chi connectivity index (χ3v) is 3.32. The van der Waals surface area contributed by atoms with Crippen LogP contribution in [0.2, 0.25) is 0 Å². The third kappa shape index (κ3) is 3.23. The van der Waals surface area contributed by atoms with Crippen LogP contribution in [-0.4, -0.2) is 29.8 Å². The van der Waals surface area contributed by atoms with Crippen LogP contribution < -0.4 is 5.32 Å². The van der Waals surface area contributed by atoms with Crippen LogP contribution in [0.15, 0.2) is 36.9 Å². The van der Waals surface area contributed by atoms with E-state index in [1.807, 2.05) is 0 Å². The molecule has 2 amide bonds. The lowest BCUT2D eigenvalue weighted by atomic mass is 10.1. The molecule has 106 valence electrons. The molecule has 0 radical (unpaired) electrons. The van der Waals surface area contributed by atoms with Gasteiger partial charge in [-0.2, -0.15) is 0 Å². The van der Waals surface area contributed by atoms with E-state index in [0.29, 0.717) is 18.7 Å². The topological polar surface area (TPSA) is 49.4 Å². The molecule has 0 bridgehead atoms. The number of carbonyl (C=O) groups is 2. The molecule has 0 spiro atoms. The average Bonchev–Trinajstić information content (AvgIpc) is 2.80. The fourth-order valence-corrected chi connectivity index (χ4v) is 2.25. The van der Waals surface area contributed by atoms with Gasteiger partial charge in [0.2, 0.25) is 11.8 Å². The Hall–Kier alpha value is -2.17. The Bertz CT molecular complexity index is 530. The summed E-state index contributed by atoms with van der Waals surface area (Å²) in [4.78, 5) is 25.2. The molecule has 4 nitrogen and oxygen atoms in total. The summed E-state index contributed by atoms with van der Waals surface area (Å²) in [7, 11) is 0. The van der Waals surface area contributed by atoms with Gasteiger partial charge in [0.05, 0.1) is 5.92 Å². The first-order valence-corrected chi connectivity index (χ1v) is 6.51. The van der Waals surface area contributed by atoms with E-state index in [2.05, 4.69) is 11.9 Å². The van der Waals surface area contributed by atoms with Crippen LogP contribution in [0.5, 0.6) is 0 Å². The van der Waals surface area contributed by atoms with Crippen molar-refractivity contribution in [1.29, 1.82) is 0 Å². The molecule has 1 atom stereocenters. The molecule has 1 heterocycles. The molecule has 0 aromatic heterocycles. The molecular weight excluding hydrogens is 259 g/mol. The summed E-state index contributed by atoms with van der Waals surface area (Å²) in [5.74, 6) is -0.977. The molecule has 1 N–H and O–H groups in total. The monoisotopic (exact) mass is 276 g/mol. The number of likely N-dealkylation sites (tertiary alicyclic amines) is 1. The fourth-order valence-electron chi connectivity index (χ4n) is 2.25. The molecule has 0 aliphatic carbocycles. The van der Waals surface area contributed by atoms with Crippen LogP contribution in [0.4, 0.5) is 4.39 Å². The second kappa shape index (κ2) is 6.32. The minimum atomic E-state index is -0.366. The van der Waals surface area contributed by atoms with Crippen LogP contribution in [-0.2, 0) is 16.1 Å². The number of amides is 2. The van der Waals surface area contributed by atoms with Gasteiger partial charge in [-0.1, -0.05) is 24.3 Å². The van der Waals surface area contributed by atoms with E-state index >= 15 is 0 Å². The quantitative estimate of drug-likeness (QED) is 0.828. The Labute approximate surface area is 117 Å². The summed E-state index contributed by atoms with van der Waals surface area (Å²) in [6, 6.07) is 6.35. The first-order valence-electron chi connectivity index (χ1n) is 6.51. The van der Waals surface area contributed by atoms with Gasteiger partial charge in [-0.3, -0.25) is 9.59 Å². The molecule has 1 aliphatic rings. The molecule has 1 unspecified atom stereocenters. The van der Waals surface area contributed by atoms with Crippen molar-refractivity contribution < 1.29 is 14.0 Å². The van der Waals surface area contributed by atoms with Gasteiger partial charge in [-0.05, 0) is 6.07 Å². The van der Waals surface area contributed by atoms with Crippen LogP contribution in [0, 0.1) is 11.7 Å². The highest BCUT2D eigenvalue weighted by molar-refractivity contribution is 5.89. The largest absolute Gasteiger partial charge is 0.352 e. The van der Waals surface area contributed by atoms with Gasteiger partial charge in [0.25, 0.3) is 0 Å². The first kappa shape index (κ1) is 14.2. The van der Waals surface area contributed by atoms with Crippen molar-refractivity contribution in [1.82, 2.24) is 10.2 Å². The van der Waals surface area contributed by atoms with E-state index < -0.39 is 0 Å². The summed E-state index contributed by atoms with van der Waals surface area (Å²) < 4.78 is 13.6. The highest BCUT2D eigenvalue weighted by Crippen LogP contribution is 2.21. The average molecular weight is 276 g/mol. The summed E-state index contributed by atoms with van der Waals surface area (Å²) in [5.41, 5.74) is 0.466. The predicted octanol–water partition coefficient (Wildman–Crippen LogP) is 1.48. The van der Waals surface area contributed by atoms with Gasteiger partial charge in [-0.15, -0.1) is 6.58 Å². The number of hydrogen-bond donors (Lipinski definition) is 1. The van der Waals surface area contributed by atoms with Gasteiger partial charge < -0.3 is 10.2 Å². The van der Waals surface area contributed by atoms with E-state index in [9.17, 15) is 14.0 Å². The summed E-state index contributed by atoms with van der Waals surface area (Å²) in [6.07, 6.45) is 1.77. The lowest BCUT2D eigenvalue weighted by Gasteiger charge is -2.17. The highest BCUT2D eigenvalue weighted by Gasteiger charge is 2.34. The molecule has 2 rings (SSSR count). The summed E-state index contributed by atoms with van der Waals surface area (Å²) in [6.45, 7) is 4.44. The third-order valence-electron chi connectivity index (χ3n) is 3.32. The fraction of sp³-hybridized carbons (Fsp3) is 0.333. The Morgan fingerprint density at radius 2 is 2.25 bits per heavy atom. The standard InChI is InChI=1S/C15H17FN2O2/c1-2-7-17-15(20)12-8-14(19)18(10-12)9-11-5-3-4-6-13(11)16/h2-6,12H,1,7-10H2,(H,17,20). The SMILES string of the molecule is C=CCNC(=O)C1CC(=O)N(Cc2ccccc2F)C1. The molecule has 1 fully saturated rings. The van der Waals surface area contributed by atoms with Gasteiger partial charge in [0.15, 0.2) is 0 Å². The van der Waals surface area contributed by atoms with E-state index in [-0.39, 0.29) is 36.5 Å². The Kier molecular flexibility index (Phi) is 4.50. The number of benzene rings is 1. The molecule has 1 aliphatic heterocycles. The van der Waals surface area contributed by atoms with Gasteiger partial charge in [0.1, 0.15) is 5.82 Å². The maximum atomic E-state index is 13.6. The van der Waals surface area contributed by atoms with Crippen molar-refractivity contribution in [2.45, 2.75) is 13.0 Å². The Balaban J connectivity index is 1.98. The number of hydrogen-bond acceptors (Lipinski definition) is 2. The van der Waals surface area contributed by atoms with Crippen molar-refractivity contribution in [2.24, 2.45) is 5.92 Å². The van der Waals surface area contributed by atoms with Crippen LogP contribution in [0.1, 0.15) is 12.0 Å². The number of carbonyl (C=O) groups excluding carboxylic acids is 2. The predicted molar refractivity (Wildman–Crippen MR) is 73.1 cm³/mol. The number of nitrogens with zero attached hydrogens (tertiary/aromatic N) is 1. The molecule has 20 heavy (non-hydrogen) atoms. The summed E-state index contributed by atoms with van der Waals surface area (Å²) >= 11 is 0. The van der Waals surface area contributed by atoms with Crippen molar-refractivity contribution in [2.75, 3.05) is 13.1 Å². The number of rotatable bonds is 5. The van der Waals surface area contributed by atoms with E-state index in [1.165, 1.54) is 11.0 Å². The van der Waals surface area contributed by atoms with Crippen LogP contribution >= 0.6 is 0 Å². The molecule has 1 aromatic rings. The van der Waals surface area contributed by atoms with Gasteiger partial charge in [0, 0.05) is 31.6 Å². The smallest absolute Gasteiger partial charge is 0.225 e. The van der Waals surface area contributed by atoms with Crippen LogP contribution in [0.25, 0.3) is 0 Å². The van der Waals surface area contributed by atoms with Crippen molar-refractivity contribution >= 4 is 11.8 Å². The molecule has 1 saturated heterocycles. The first-order chi connectivity index (χ1) is 9.61. The minimum Gasteiger partial charge on any atom is -0.352 e. The number of halogens is 1. The number of nitrogens with one attached hydrogen (secondary N) is 1. The van der Waals surface area contributed by atoms with Gasteiger partial charge >= 0.3 is 0 Å². The zero-order valence-corrected chi connectivity index (χ0v) is 11.1. The zero-order valence-electron chi connectivity index (χ0n) is 11.1. The molecule has 0 saturated carbocycles. The highest BCUT2D eigenvalue weighted by atomic mass is 19.1. The van der Waals surface area contributed by atoms with E-state index in [4.69, 9.17) is 0 Å². The van der Waals surface area contributed by atoms with Crippen molar-refractivity contribution in [3.63, 3.8) is 0 Å². The second-order valence-corrected chi connectivity index (χ2v) is 4.80. The van der Waals surface area contributed by atoms with Gasteiger partial charge in [-0.25, -0.2) is 4.39 Å². The molecular formula is C15H17FN2O2. The Morgan fingerprint density at radius 3 is 2.95 bits per heavy atom. The zero-order chi connectivity index (χ0) is 14.5. The lowest BCUT2D eigenvalue weighted by Crippen LogP contribution is -2.32. The molecule has 5 heteroatoms. The Morgan fingerprint density at radius 1 is 1.50 bits per heavy atom. The maximum absolute atomic E-state index is 13.6. The van der Waals surface area contributed by atoms with E-state index in [0.717, 1.165) is 0 Å². The van der Waals surface area contributed by atoms with E-state index in [1.54, 1.807) is 24.3 Å². The van der Waals surface area contributed by atoms with Crippen molar-refractivity contribution in [3.8, 4) is 0 Å². The second-order valence-electron chi connectivity index (χ2n) is 4.80. The van der Waals surface area contributed by atoms with Crippen LogP contribution in [0.3, 0.4) is 0 Å². The van der Waals surface area contributed by atoms with Crippen molar-refractivity contribution in [3.05, 3.63) is 48.3 Å². The summed E-state index contributed by atoms with van der Waals surface area (Å²) in [5, 5.41) is 2.68. The lowest BCUT2D eigenvalue weighted by molar-refractivity contribution is -0.129.